The van der Waals surface area contributed by atoms with Gasteiger partial charge in [0, 0.05) is 0 Å². The maximum atomic E-state index is 2.53. The first kappa shape index (κ1) is 19.5. The van der Waals surface area contributed by atoms with Crippen molar-refractivity contribution in [1.82, 2.24) is 0 Å². The van der Waals surface area contributed by atoms with E-state index in [2.05, 4.69) is 56.3 Å². The van der Waals surface area contributed by atoms with Crippen LogP contribution in [0.15, 0.2) is 42.5 Å². The molecule has 3 rings (SSSR count). The molecule has 1 saturated carbocycles. The van der Waals surface area contributed by atoms with E-state index in [0.29, 0.717) is 0 Å². The van der Waals surface area contributed by atoms with Crippen LogP contribution in [0.5, 0.6) is 0 Å². The minimum atomic E-state index is 0.787. The molecular weight excluding hydrogens is 312 g/mol. The second kappa shape index (κ2) is 10.1. The number of allylic oxidation sites excluding steroid dienone is 4. The van der Waals surface area contributed by atoms with E-state index in [1.54, 1.807) is 0 Å². The van der Waals surface area contributed by atoms with E-state index in [-0.39, 0.29) is 0 Å². The Morgan fingerprint density at radius 1 is 0.885 bits per heavy atom. The standard InChI is InChI=1S/C26H38/c1-3-5-6-8-22-11-15-24(16-12-22)26-19-17-25(18-20-26)23-13-9-21(7-4-2)10-14-23/h9-10,13-14,17-19,22,24,26H,3-8,11-12,15-16,20H2,1-2H3. The normalized spacial score (nSPS) is 25.9. The van der Waals surface area contributed by atoms with Gasteiger partial charge >= 0.3 is 0 Å². The predicted molar refractivity (Wildman–Crippen MR) is 115 cm³/mol. The first-order valence-corrected chi connectivity index (χ1v) is 11.3. The van der Waals surface area contributed by atoms with Gasteiger partial charge in [-0.15, -0.1) is 0 Å². The largest absolute Gasteiger partial charge is 0.0802 e. The van der Waals surface area contributed by atoms with Crippen LogP contribution in [-0.2, 0) is 6.42 Å². The van der Waals surface area contributed by atoms with Gasteiger partial charge in [0.2, 0.25) is 0 Å². The molecule has 2 aliphatic rings. The molecule has 0 amide bonds. The molecule has 1 aromatic carbocycles. The summed E-state index contributed by atoms with van der Waals surface area (Å²) in [6.07, 6.45) is 22.7. The number of aryl methyl sites for hydroxylation is 1. The fourth-order valence-corrected chi connectivity index (χ4v) is 4.94. The molecule has 0 bridgehead atoms. The first-order valence-electron chi connectivity index (χ1n) is 11.3. The van der Waals surface area contributed by atoms with E-state index in [0.717, 1.165) is 17.8 Å². The Morgan fingerprint density at radius 2 is 1.65 bits per heavy atom. The van der Waals surface area contributed by atoms with Crippen LogP contribution in [-0.4, -0.2) is 0 Å². The topological polar surface area (TPSA) is 0 Å². The van der Waals surface area contributed by atoms with E-state index in [4.69, 9.17) is 0 Å². The lowest BCUT2D eigenvalue weighted by Gasteiger charge is -2.33. The Morgan fingerprint density at radius 3 is 2.27 bits per heavy atom. The Balaban J connectivity index is 1.47. The second-order valence-electron chi connectivity index (χ2n) is 8.64. The summed E-state index contributed by atoms with van der Waals surface area (Å²) in [4.78, 5) is 0. The molecule has 1 aromatic rings. The summed E-state index contributed by atoms with van der Waals surface area (Å²) in [6.45, 7) is 4.56. The van der Waals surface area contributed by atoms with Crippen molar-refractivity contribution in [2.45, 2.75) is 84.5 Å². The molecule has 0 nitrogen and oxygen atoms in total. The maximum Gasteiger partial charge on any atom is -0.0167 e. The van der Waals surface area contributed by atoms with Crippen LogP contribution in [0.2, 0.25) is 0 Å². The van der Waals surface area contributed by atoms with Gasteiger partial charge in [0.25, 0.3) is 0 Å². The van der Waals surface area contributed by atoms with Gasteiger partial charge in [-0.3, -0.25) is 0 Å². The van der Waals surface area contributed by atoms with Gasteiger partial charge in [-0.05, 0) is 60.1 Å². The summed E-state index contributed by atoms with van der Waals surface area (Å²) in [6, 6.07) is 9.23. The molecule has 142 valence electrons. The molecule has 0 aromatic heterocycles. The second-order valence-corrected chi connectivity index (χ2v) is 8.64. The van der Waals surface area contributed by atoms with Crippen molar-refractivity contribution in [2.24, 2.45) is 17.8 Å². The van der Waals surface area contributed by atoms with Gasteiger partial charge in [-0.2, -0.15) is 0 Å². The maximum absolute atomic E-state index is 2.53. The molecule has 2 aliphatic carbocycles. The highest BCUT2D eigenvalue weighted by Gasteiger charge is 2.26. The number of unbranched alkanes of at least 4 members (excludes halogenated alkanes) is 2. The van der Waals surface area contributed by atoms with Crippen molar-refractivity contribution in [2.75, 3.05) is 0 Å². The SMILES string of the molecule is CCCCCC1CCC(C2C=CC(c3ccc(CCC)cc3)=CC2)CC1. The number of hydrogen-bond donors (Lipinski definition) is 0. The Labute approximate surface area is 161 Å². The van der Waals surface area contributed by atoms with Crippen LogP contribution in [0.1, 0.15) is 89.2 Å². The van der Waals surface area contributed by atoms with E-state index in [1.807, 2.05) is 0 Å². The third-order valence-corrected chi connectivity index (χ3v) is 6.67. The van der Waals surface area contributed by atoms with Gasteiger partial charge in [0.05, 0.1) is 0 Å². The van der Waals surface area contributed by atoms with Gasteiger partial charge < -0.3 is 0 Å². The zero-order valence-electron chi connectivity index (χ0n) is 17.1. The minimum Gasteiger partial charge on any atom is -0.0802 e. The van der Waals surface area contributed by atoms with E-state index in [9.17, 15) is 0 Å². The van der Waals surface area contributed by atoms with Gasteiger partial charge in [-0.1, -0.05) is 101 Å². The lowest BCUT2D eigenvalue weighted by Crippen LogP contribution is -2.21. The third-order valence-electron chi connectivity index (χ3n) is 6.67. The Kier molecular flexibility index (Phi) is 7.59. The predicted octanol–water partition coefficient (Wildman–Crippen LogP) is 7.99. The highest BCUT2D eigenvalue weighted by atomic mass is 14.3. The number of hydrogen-bond acceptors (Lipinski definition) is 0. The summed E-state index contributed by atoms with van der Waals surface area (Å²) in [5, 5.41) is 0. The minimum absolute atomic E-state index is 0.787. The highest BCUT2D eigenvalue weighted by molar-refractivity contribution is 5.75. The van der Waals surface area contributed by atoms with Crippen LogP contribution >= 0.6 is 0 Å². The van der Waals surface area contributed by atoms with Crippen LogP contribution < -0.4 is 0 Å². The van der Waals surface area contributed by atoms with Crippen molar-refractivity contribution in [3.8, 4) is 0 Å². The first-order chi connectivity index (χ1) is 12.8. The van der Waals surface area contributed by atoms with Crippen molar-refractivity contribution >= 4 is 5.57 Å². The average Bonchev–Trinajstić information content (AvgIpc) is 2.70. The van der Waals surface area contributed by atoms with Crippen molar-refractivity contribution < 1.29 is 0 Å². The van der Waals surface area contributed by atoms with Crippen LogP contribution in [0, 0.1) is 17.8 Å². The number of benzene rings is 1. The third kappa shape index (κ3) is 5.35. The average molecular weight is 351 g/mol. The molecule has 0 N–H and O–H groups in total. The summed E-state index contributed by atoms with van der Waals surface area (Å²) in [5.41, 5.74) is 4.28. The van der Waals surface area contributed by atoms with Crippen LogP contribution in [0.4, 0.5) is 0 Å². The molecule has 0 heterocycles. The molecule has 0 spiro atoms. The van der Waals surface area contributed by atoms with Gasteiger partial charge in [0.15, 0.2) is 0 Å². The van der Waals surface area contributed by atoms with E-state index >= 15 is 0 Å². The van der Waals surface area contributed by atoms with Crippen LogP contribution in [0.25, 0.3) is 5.57 Å². The lowest BCUT2D eigenvalue weighted by atomic mass is 9.72. The Hall–Kier alpha value is -1.30. The highest BCUT2D eigenvalue weighted by Crippen LogP contribution is 2.39. The van der Waals surface area contributed by atoms with E-state index in [1.165, 1.54) is 87.3 Å². The number of rotatable bonds is 8. The van der Waals surface area contributed by atoms with Crippen molar-refractivity contribution in [3.63, 3.8) is 0 Å². The summed E-state index contributed by atoms with van der Waals surface area (Å²) in [7, 11) is 0. The summed E-state index contributed by atoms with van der Waals surface area (Å²) in [5.74, 6) is 2.74. The molecule has 0 radical (unpaired) electrons. The fourth-order valence-electron chi connectivity index (χ4n) is 4.94. The fraction of sp³-hybridized carbons (Fsp3) is 0.615. The molecule has 26 heavy (non-hydrogen) atoms. The molecule has 0 saturated heterocycles. The molecule has 0 aliphatic heterocycles. The molecule has 1 atom stereocenters. The smallest absolute Gasteiger partial charge is 0.0167 e. The molecule has 1 unspecified atom stereocenters. The van der Waals surface area contributed by atoms with Crippen molar-refractivity contribution in [3.05, 3.63) is 53.6 Å². The van der Waals surface area contributed by atoms with Crippen molar-refractivity contribution in [1.29, 1.82) is 0 Å². The molecular formula is C26H38. The zero-order chi connectivity index (χ0) is 18.2. The quantitative estimate of drug-likeness (QED) is 0.417. The van der Waals surface area contributed by atoms with E-state index < -0.39 is 0 Å². The monoisotopic (exact) mass is 350 g/mol. The lowest BCUT2D eigenvalue weighted by molar-refractivity contribution is 0.219. The van der Waals surface area contributed by atoms with Gasteiger partial charge in [-0.25, -0.2) is 0 Å². The zero-order valence-corrected chi connectivity index (χ0v) is 17.1. The summed E-state index contributed by atoms with van der Waals surface area (Å²) >= 11 is 0. The van der Waals surface area contributed by atoms with Gasteiger partial charge in [0.1, 0.15) is 0 Å². The van der Waals surface area contributed by atoms with Crippen LogP contribution in [0.3, 0.4) is 0 Å². The Bertz CT molecular complexity index is 581. The summed E-state index contributed by atoms with van der Waals surface area (Å²) < 4.78 is 0. The molecule has 0 heteroatoms. The molecule has 1 fully saturated rings.